The Morgan fingerprint density at radius 1 is 1.50 bits per heavy atom. The van der Waals surface area contributed by atoms with Gasteiger partial charge in [-0.3, -0.25) is 4.79 Å². The lowest BCUT2D eigenvalue weighted by molar-refractivity contribution is 0.0962. The number of rotatable bonds is 9. The summed E-state index contributed by atoms with van der Waals surface area (Å²) in [5.74, 6) is 0.284. The molecule has 1 aromatic rings. The van der Waals surface area contributed by atoms with Gasteiger partial charge in [0.05, 0.1) is 7.11 Å². The molecule has 0 fully saturated rings. The van der Waals surface area contributed by atoms with Crippen molar-refractivity contribution < 1.29 is 14.3 Å². The Morgan fingerprint density at radius 2 is 2.25 bits per heavy atom. The molecule has 112 valence electrons. The number of carbonyl (C=O) groups excluding carboxylic acids is 1. The van der Waals surface area contributed by atoms with E-state index in [0.717, 1.165) is 18.0 Å². The fourth-order valence-electron chi connectivity index (χ4n) is 1.58. The van der Waals surface area contributed by atoms with Crippen molar-refractivity contribution in [1.29, 1.82) is 0 Å². The summed E-state index contributed by atoms with van der Waals surface area (Å²) < 4.78 is 10.2. The Morgan fingerprint density at radius 3 is 2.85 bits per heavy atom. The first kappa shape index (κ1) is 16.3. The monoisotopic (exact) mass is 299 g/mol. The predicted octanol–water partition coefficient (Wildman–Crippen LogP) is 1.70. The maximum Gasteiger partial charge on any atom is 0.263 e. The highest BCUT2D eigenvalue weighted by Crippen LogP contribution is 2.42. The third-order valence-corrected chi connectivity index (χ3v) is 3.67. The van der Waals surface area contributed by atoms with Crippen molar-refractivity contribution in [3.8, 4) is 5.75 Å². The minimum absolute atomic E-state index is 0.226. The van der Waals surface area contributed by atoms with Crippen molar-refractivity contribution in [2.24, 2.45) is 0 Å². The first-order chi connectivity index (χ1) is 9.65. The smallest absolute Gasteiger partial charge is 0.263 e. The summed E-state index contributed by atoms with van der Waals surface area (Å²) >= 11 is 1.28. The van der Waals surface area contributed by atoms with Crippen LogP contribution in [0.3, 0.4) is 0 Å². The van der Waals surface area contributed by atoms with Crippen LogP contribution in [0.15, 0.2) is 12.7 Å². The fraction of sp³-hybridized carbons (Fsp3) is 0.462. The van der Waals surface area contributed by atoms with E-state index < -0.39 is 0 Å². The number of carbonyl (C=O) groups is 1. The molecule has 0 saturated carbocycles. The zero-order chi connectivity index (χ0) is 15.0. The largest absolute Gasteiger partial charge is 0.492 e. The van der Waals surface area contributed by atoms with Crippen LogP contribution >= 0.6 is 11.3 Å². The molecule has 6 nitrogen and oxygen atoms in total. The van der Waals surface area contributed by atoms with Crippen LogP contribution in [0.4, 0.5) is 10.7 Å². The summed E-state index contributed by atoms with van der Waals surface area (Å²) in [7, 11) is 3.19. The summed E-state index contributed by atoms with van der Waals surface area (Å²) in [4.78, 5) is 12.4. The molecule has 0 saturated heterocycles. The fourth-order valence-corrected chi connectivity index (χ4v) is 2.61. The quantitative estimate of drug-likeness (QED) is 0.477. The normalized spacial score (nSPS) is 10.1. The highest BCUT2D eigenvalue weighted by Gasteiger charge is 2.21. The standard InChI is InChI=1S/C13H21N3O3S/c1-4-6-15-12(17)11-9(14)10(19-3)13(20-11)16-7-5-8-18-2/h4,16H,1,5-8,14H2,2-3H3,(H,15,17). The minimum atomic E-state index is -0.226. The summed E-state index contributed by atoms with van der Waals surface area (Å²) in [6, 6.07) is 0. The molecule has 0 atom stereocenters. The van der Waals surface area contributed by atoms with E-state index in [1.165, 1.54) is 18.4 Å². The molecule has 0 aliphatic heterocycles. The van der Waals surface area contributed by atoms with Gasteiger partial charge in [0.15, 0.2) is 5.75 Å². The van der Waals surface area contributed by atoms with Crippen LogP contribution in [0.5, 0.6) is 5.75 Å². The topological polar surface area (TPSA) is 85.6 Å². The van der Waals surface area contributed by atoms with Crippen molar-refractivity contribution in [3.05, 3.63) is 17.5 Å². The van der Waals surface area contributed by atoms with Gasteiger partial charge in [0, 0.05) is 26.8 Å². The molecule has 0 aliphatic carbocycles. The van der Waals surface area contributed by atoms with E-state index in [1.54, 1.807) is 13.2 Å². The van der Waals surface area contributed by atoms with E-state index in [4.69, 9.17) is 15.2 Å². The molecule has 7 heteroatoms. The Hall–Kier alpha value is -1.73. The molecule has 1 heterocycles. The number of hydrogen-bond donors (Lipinski definition) is 3. The number of nitrogens with two attached hydrogens (primary N) is 1. The molecular weight excluding hydrogens is 278 g/mol. The second-order valence-corrected chi connectivity index (χ2v) is 5.00. The Bertz CT molecular complexity index is 460. The molecule has 1 rings (SSSR count). The number of nitrogens with one attached hydrogen (secondary N) is 2. The minimum Gasteiger partial charge on any atom is -0.492 e. The second-order valence-electron chi connectivity index (χ2n) is 3.98. The van der Waals surface area contributed by atoms with Crippen LogP contribution in [-0.4, -0.2) is 39.8 Å². The number of amides is 1. The van der Waals surface area contributed by atoms with Crippen LogP contribution in [-0.2, 0) is 4.74 Å². The maximum absolute atomic E-state index is 12.0. The number of thiophene rings is 1. The number of methoxy groups -OCH3 is 2. The van der Waals surface area contributed by atoms with Crippen LogP contribution in [0.1, 0.15) is 16.1 Å². The van der Waals surface area contributed by atoms with Crippen molar-refractivity contribution in [2.45, 2.75) is 6.42 Å². The third-order valence-electron chi connectivity index (χ3n) is 2.53. The van der Waals surface area contributed by atoms with Gasteiger partial charge < -0.3 is 25.8 Å². The lowest BCUT2D eigenvalue weighted by atomic mass is 10.3. The van der Waals surface area contributed by atoms with Gasteiger partial charge in [-0.2, -0.15) is 0 Å². The zero-order valence-electron chi connectivity index (χ0n) is 11.8. The van der Waals surface area contributed by atoms with E-state index in [1.807, 2.05) is 0 Å². The van der Waals surface area contributed by atoms with Gasteiger partial charge in [0.25, 0.3) is 5.91 Å². The Balaban J connectivity index is 2.79. The molecular formula is C13H21N3O3S. The van der Waals surface area contributed by atoms with Gasteiger partial charge in [-0.25, -0.2) is 0 Å². The lowest BCUT2D eigenvalue weighted by Crippen LogP contribution is -2.23. The summed E-state index contributed by atoms with van der Waals surface area (Å²) in [5, 5.41) is 6.66. The predicted molar refractivity (Wildman–Crippen MR) is 82.8 cm³/mol. The molecule has 20 heavy (non-hydrogen) atoms. The number of ether oxygens (including phenoxy) is 2. The van der Waals surface area contributed by atoms with Crippen LogP contribution in [0.2, 0.25) is 0 Å². The van der Waals surface area contributed by atoms with Gasteiger partial charge in [-0.15, -0.1) is 17.9 Å². The molecule has 0 aromatic carbocycles. The zero-order valence-corrected chi connectivity index (χ0v) is 12.6. The summed E-state index contributed by atoms with van der Waals surface area (Å²) in [6.07, 6.45) is 2.47. The second kappa shape index (κ2) is 8.44. The van der Waals surface area contributed by atoms with Crippen LogP contribution in [0.25, 0.3) is 0 Å². The van der Waals surface area contributed by atoms with Gasteiger partial charge in [-0.05, 0) is 6.42 Å². The van der Waals surface area contributed by atoms with Gasteiger partial charge >= 0.3 is 0 Å². The van der Waals surface area contributed by atoms with Crippen molar-refractivity contribution in [1.82, 2.24) is 5.32 Å². The van der Waals surface area contributed by atoms with Crippen LogP contribution in [0, 0.1) is 0 Å². The third kappa shape index (κ3) is 4.14. The average molecular weight is 299 g/mol. The first-order valence-electron chi connectivity index (χ1n) is 6.23. The molecule has 4 N–H and O–H groups in total. The van der Waals surface area contributed by atoms with Crippen molar-refractivity contribution in [2.75, 3.05) is 45.0 Å². The van der Waals surface area contributed by atoms with E-state index in [-0.39, 0.29) is 5.91 Å². The molecule has 0 aliphatic rings. The SMILES string of the molecule is C=CCNC(=O)c1sc(NCCCOC)c(OC)c1N. The number of hydrogen-bond acceptors (Lipinski definition) is 6. The van der Waals surface area contributed by atoms with Crippen molar-refractivity contribution >= 4 is 27.9 Å². The highest BCUT2D eigenvalue weighted by atomic mass is 32.1. The Labute approximate surface area is 122 Å². The first-order valence-corrected chi connectivity index (χ1v) is 7.05. The van der Waals surface area contributed by atoms with E-state index >= 15 is 0 Å². The van der Waals surface area contributed by atoms with Crippen LogP contribution < -0.4 is 21.1 Å². The molecule has 0 bridgehead atoms. The lowest BCUT2D eigenvalue weighted by Gasteiger charge is -2.06. The van der Waals surface area contributed by atoms with E-state index in [0.29, 0.717) is 29.5 Å². The average Bonchev–Trinajstić information content (AvgIpc) is 2.77. The molecule has 0 spiro atoms. The van der Waals surface area contributed by atoms with Gasteiger partial charge in [0.1, 0.15) is 15.6 Å². The van der Waals surface area contributed by atoms with Gasteiger partial charge in [0.2, 0.25) is 0 Å². The maximum atomic E-state index is 12.0. The van der Waals surface area contributed by atoms with Crippen molar-refractivity contribution in [3.63, 3.8) is 0 Å². The molecule has 0 radical (unpaired) electrons. The summed E-state index contributed by atoms with van der Waals surface area (Å²) in [5.41, 5.74) is 6.31. The number of anilines is 2. The Kier molecular flexibility index (Phi) is 6.89. The highest BCUT2D eigenvalue weighted by molar-refractivity contribution is 7.19. The van der Waals surface area contributed by atoms with E-state index in [9.17, 15) is 4.79 Å². The van der Waals surface area contributed by atoms with Gasteiger partial charge in [-0.1, -0.05) is 6.08 Å². The molecule has 0 unspecified atom stereocenters. The number of nitrogen functional groups attached to an aromatic ring is 1. The van der Waals surface area contributed by atoms with E-state index in [2.05, 4.69) is 17.2 Å². The summed E-state index contributed by atoms with van der Waals surface area (Å²) in [6.45, 7) is 5.34. The molecule has 1 aromatic heterocycles. The molecule has 1 amide bonds.